The third kappa shape index (κ3) is 10.3. The molecule has 1 atom stereocenters. The second-order valence-corrected chi connectivity index (χ2v) is 4.76. The molecule has 1 aliphatic rings. The number of hydrogen-bond acceptors (Lipinski definition) is 2. The number of nitrogens with zero attached hydrogens (tertiary/aromatic N) is 1. The highest BCUT2D eigenvalue weighted by Gasteiger charge is 2.29. The summed E-state index contributed by atoms with van der Waals surface area (Å²) in [4.78, 5) is 12.7. The second-order valence-electron chi connectivity index (χ2n) is 4.76. The Morgan fingerprint density at radius 3 is 2.18 bits per heavy atom. The molecule has 1 saturated heterocycles. The van der Waals surface area contributed by atoms with Crippen molar-refractivity contribution in [2.75, 3.05) is 13.1 Å². The Bertz CT molecular complexity index is 178. The van der Waals surface area contributed by atoms with Crippen molar-refractivity contribution < 1.29 is 9.90 Å². The average molecular weight is 245 g/mol. The molecule has 3 heteroatoms. The molecule has 1 unspecified atom stereocenters. The summed E-state index contributed by atoms with van der Waals surface area (Å²) in [6.07, 6.45) is 2.91. The lowest BCUT2D eigenvalue weighted by Crippen LogP contribution is -2.36. The zero-order valence-electron chi connectivity index (χ0n) is 12.5. The van der Waals surface area contributed by atoms with Gasteiger partial charge in [0.25, 0.3) is 0 Å². The Morgan fingerprint density at radius 2 is 1.82 bits per heavy atom. The van der Waals surface area contributed by atoms with E-state index < -0.39 is 5.97 Å². The van der Waals surface area contributed by atoms with Crippen molar-refractivity contribution in [2.24, 2.45) is 5.92 Å². The van der Waals surface area contributed by atoms with Gasteiger partial charge in [0.2, 0.25) is 0 Å². The molecule has 1 heterocycles. The zero-order valence-corrected chi connectivity index (χ0v) is 12.5. The molecule has 0 aromatic carbocycles. The lowest BCUT2D eigenvalue weighted by Gasteiger charge is -2.19. The number of carboxylic acids is 1. The molecule has 1 rings (SSSR count). The fraction of sp³-hybridized carbons (Fsp3) is 0.929. The Morgan fingerprint density at radius 1 is 1.35 bits per heavy atom. The third-order valence-electron chi connectivity index (χ3n) is 2.16. The van der Waals surface area contributed by atoms with Gasteiger partial charge in [0.1, 0.15) is 6.04 Å². The van der Waals surface area contributed by atoms with Crippen LogP contribution in [-0.4, -0.2) is 35.1 Å². The third-order valence-corrected chi connectivity index (χ3v) is 2.16. The van der Waals surface area contributed by atoms with Gasteiger partial charge in [0.15, 0.2) is 0 Å². The molecule has 1 N–H and O–H groups in total. The highest BCUT2D eigenvalue weighted by atomic mass is 16.4. The van der Waals surface area contributed by atoms with Crippen LogP contribution in [0.2, 0.25) is 0 Å². The predicted octanol–water partition coefficient (Wildman–Crippen LogP) is 3.63. The van der Waals surface area contributed by atoms with E-state index >= 15 is 0 Å². The van der Waals surface area contributed by atoms with Crippen LogP contribution >= 0.6 is 0 Å². The Labute approximate surface area is 107 Å². The van der Waals surface area contributed by atoms with Gasteiger partial charge >= 0.3 is 5.97 Å². The first-order valence-electron chi connectivity index (χ1n) is 6.95. The predicted molar refractivity (Wildman–Crippen MR) is 74.4 cm³/mol. The van der Waals surface area contributed by atoms with Crippen LogP contribution in [0.5, 0.6) is 0 Å². The summed E-state index contributed by atoms with van der Waals surface area (Å²) < 4.78 is 0. The summed E-state index contributed by atoms with van der Waals surface area (Å²) in [5.41, 5.74) is 0. The number of aliphatic carboxylic acids is 1. The van der Waals surface area contributed by atoms with Crippen molar-refractivity contribution in [1.82, 2.24) is 4.90 Å². The van der Waals surface area contributed by atoms with Crippen molar-refractivity contribution in [1.29, 1.82) is 0 Å². The van der Waals surface area contributed by atoms with E-state index in [1.807, 2.05) is 13.8 Å². The zero-order chi connectivity index (χ0) is 13.8. The van der Waals surface area contributed by atoms with E-state index in [4.69, 9.17) is 5.11 Å². The van der Waals surface area contributed by atoms with Crippen molar-refractivity contribution in [2.45, 2.75) is 66.8 Å². The van der Waals surface area contributed by atoms with Gasteiger partial charge in [-0.1, -0.05) is 41.5 Å². The maximum Gasteiger partial charge on any atom is 0.320 e. The van der Waals surface area contributed by atoms with Gasteiger partial charge in [0, 0.05) is 0 Å². The minimum atomic E-state index is -0.657. The number of rotatable bonds is 3. The fourth-order valence-electron chi connectivity index (χ4n) is 1.66. The molecule has 0 radical (unpaired) electrons. The first kappa shape index (κ1) is 18.8. The van der Waals surface area contributed by atoms with Crippen LogP contribution < -0.4 is 0 Å². The van der Waals surface area contributed by atoms with E-state index in [-0.39, 0.29) is 6.04 Å². The summed E-state index contributed by atoms with van der Waals surface area (Å²) in [5.74, 6) is 0.177. The van der Waals surface area contributed by atoms with Gasteiger partial charge in [0.05, 0.1) is 0 Å². The summed E-state index contributed by atoms with van der Waals surface area (Å²) in [6.45, 7) is 14.5. The average Bonchev–Trinajstić information content (AvgIpc) is 2.69. The number of hydrogen-bond donors (Lipinski definition) is 1. The molecule has 0 bridgehead atoms. The molecule has 1 fully saturated rings. The monoisotopic (exact) mass is 245 g/mol. The van der Waals surface area contributed by atoms with Gasteiger partial charge in [-0.25, -0.2) is 0 Å². The molecule has 3 nitrogen and oxygen atoms in total. The molecule has 0 aromatic heterocycles. The highest BCUT2D eigenvalue weighted by Crippen LogP contribution is 2.16. The van der Waals surface area contributed by atoms with Crippen LogP contribution in [0.1, 0.15) is 60.8 Å². The summed E-state index contributed by atoms with van der Waals surface area (Å²) in [5, 5.41) is 8.77. The van der Waals surface area contributed by atoms with Gasteiger partial charge in [-0.2, -0.15) is 0 Å². The Hall–Kier alpha value is -0.570. The second kappa shape index (κ2) is 11.9. The van der Waals surface area contributed by atoms with E-state index in [1.165, 1.54) is 0 Å². The summed E-state index contributed by atoms with van der Waals surface area (Å²) >= 11 is 0. The van der Waals surface area contributed by atoms with Crippen LogP contribution in [0.4, 0.5) is 0 Å². The van der Waals surface area contributed by atoms with Crippen LogP contribution in [0.25, 0.3) is 0 Å². The minimum Gasteiger partial charge on any atom is -0.480 e. The summed E-state index contributed by atoms with van der Waals surface area (Å²) in [6, 6.07) is -0.199. The Kier molecular flexibility index (Phi) is 13.2. The van der Waals surface area contributed by atoms with E-state index in [9.17, 15) is 4.79 Å². The van der Waals surface area contributed by atoms with Crippen LogP contribution in [0, 0.1) is 5.92 Å². The van der Waals surface area contributed by atoms with Crippen LogP contribution in [-0.2, 0) is 4.79 Å². The summed E-state index contributed by atoms with van der Waals surface area (Å²) in [7, 11) is 0. The lowest BCUT2D eigenvalue weighted by atomic mass is 10.2. The molecule has 0 saturated carbocycles. The number of likely N-dealkylation sites (tertiary alicyclic amines) is 1. The standard InChI is InChI=1S/C8H15NO2.C4H10.C2H6/c1-2-5-9-6-3-4-7(9)8(10)11;1-4(2)3;1-2/h7H,2-6H2,1H3,(H,10,11);4H,1-3H3;1-2H3. The van der Waals surface area contributed by atoms with Crippen molar-refractivity contribution >= 4 is 5.97 Å². The molecule has 104 valence electrons. The van der Waals surface area contributed by atoms with E-state index in [1.54, 1.807) is 0 Å². The lowest BCUT2D eigenvalue weighted by molar-refractivity contribution is -0.142. The van der Waals surface area contributed by atoms with Gasteiger partial charge in [-0.3, -0.25) is 9.69 Å². The van der Waals surface area contributed by atoms with Crippen molar-refractivity contribution in [3.8, 4) is 0 Å². The van der Waals surface area contributed by atoms with E-state index in [2.05, 4.69) is 32.6 Å². The number of carboxylic acid groups (broad SMARTS) is 1. The largest absolute Gasteiger partial charge is 0.480 e. The smallest absolute Gasteiger partial charge is 0.320 e. The Balaban J connectivity index is 0. The molecule has 17 heavy (non-hydrogen) atoms. The molecule has 0 spiro atoms. The van der Waals surface area contributed by atoms with Gasteiger partial charge in [-0.05, 0) is 38.3 Å². The molecular formula is C14H31NO2. The highest BCUT2D eigenvalue weighted by molar-refractivity contribution is 5.73. The molecular weight excluding hydrogens is 214 g/mol. The van der Waals surface area contributed by atoms with Crippen molar-refractivity contribution in [3.05, 3.63) is 0 Å². The van der Waals surface area contributed by atoms with Crippen LogP contribution in [0.15, 0.2) is 0 Å². The molecule has 0 aliphatic carbocycles. The van der Waals surface area contributed by atoms with Gasteiger partial charge < -0.3 is 5.11 Å². The normalized spacial score (nSPS) is 19.1. The molecule has 0 aromatic rings. The topological polar surface area (TPSA) is 40.5 Å². The van der Waals surface area contributed by atoms with E-state index in [0.29, 0.717) is 0 Å². The molecule has 1 aliphatic heterocycles. The van der Waals surface area contributed by atoms with E-state index in [0.717, 1.165) is 38.3 Å². The SMILES string of the molecule is CC.CC(C)C.CCCN1CCCC1C(=O)O. The number of carbonyl (C=O) groups is 1. The first-order valence-corrected chi connectivity index (χ1v) is 6.95. The fourth-order valence-corrected chi connectivity index (χ4v) is 1.66. The maximum absolute atomic E-state index is 10.6. The molecule has 0 amide bonds. The van der Waals surface area contributed by atoms with Crippen LogP contribution in [0.3, 0.4) is 0 Å². The minimum absolute atomic E-state index is 0.199. The first-order chi connectivity index (χ1) is 7.99. The maximum atomic E-state index is 10.6. The quantitative estimate of drug-likeness (QED) is 0.825. The van der Waals surface area contributed by atoms with Gasteiger partial charge in [-0.15, -0.1) is 0 Å². The van der Waals surface area contributed by atoms with Crippen molar-refractivity contribution in [3.63, 3.8) is 0 Å².